The van der Waals surface area contributed by atoms with Crippen molar-refractivity contribution in [2.75, 3.05) is 20.2 Å². The second-order valence-corrected chi connectivity index (χ2v) is 6.08. The van der Waals surface area contributed by atoms with Gasteiger partial charge in [-0.2, -0.15) is 13.2 Å². The standard InChI is InChI=1S/C19H20F3NO2/c1-24-18-8-7-17(11-14(18)13-23-9-2-3-10-23)25-16-6-4-5-15(12-16)19(20,21)22/h4-8,11-12H,2-3,9-10,13H2,1H3. The third-order valence-corrected chi connectivity index (χ3v) is 4.24. The van der Waals surface area contributed by atoms with Gasteiger partial charge in [0.1, 0.15) is 17.2 Å². The maximum Gasteiger partial charge on any atom is 0.416 e. The van der Waals surface area contributed by atoms with Crippen molar-refractivity contribution < 1.29 is 22.6 Å². The molecule has 134 valence electrons. The number of benzene rings is 2. The molecule has 0 radical (unpaired) electrons. The van der Waals surface area contributed by atoms with Crippen molar-refractivity contribution in [1.82, 2.24) is 4.90 Å². The van der Waals surface area contributed by atoms with E-state index < -0.39 is 11.7 Å². The molecular formula is C19H20F3NO2. The Morgan fingerprint density at radius 2 is 1.72 bits per heavy atom. The molecule has 0 unspecified atom stereocenters. The fourth-order valence-electron chi connectivity index (χ4n) is 3.00. The van der Waals surface area contributed by atoms with Gasteiger partial charge in [-0.15, -0.1) is 0 Å². The Hall–Kier alpha value is -2.21. The van der Waals surface area contributed by atoms with Crippen LogP contribution in [0.2, 0.25) is 0 Å². The Kier molecular flexibility index (Phi) is 5.18. The Balaban J connectivity index is 1.80. The minimum Gasteiger partial charge on any atom is -0.496 e. The first kappa shape index (κ1) is 17.6. The summed E-state index contributed by atoms with van der Waals surface area (Å²) in [4.78, 5) is 2.33. The molecule has 2 aromatic rings. The number of nitrogens with zero attached hydrogens (tertiary/aromatic N) is 1. The van der Waals surface area contributed by atoms with E-state index in [0.29, 0.717) is 5.75 Å². The van der Waals surface area contributed by atoms with Gasteiger partial charge in [-0.05, 0) is 62.3 Å². The van der Waals surface area contributed by atoms with Crippen LogP contribution in [0.3, 0.4) is 0 Å². The zero-order chi connectivity index (χ0) is 17.9. The van der Waals surface area contributed by atoms with Crippen LogP contribution in [0.25, 0.3) is 0 Å². The average Bonchev–Trinajstić information content (AvgIpc) is 3.08. The summed E-state index contributed by atoms with van der Waals surface area (Å²) in [6.07, 6.45) is -2.02. The summed E-state index contributed by atoms with van der Waals surface area (Å²) in [5.41, 5.74) is 0.240. The summed E-state index contributed by atoms with van der Waals surface area (Å²) < 4.78 is 49.5. The van der Waals surface area contributed by atoms with E-state index in [4.69, 9.17) is 9.47 Å². The van der Waals surface area contributed by atoms with Crippen molar-refractivity contribution in [3.8, 4) is 17.2 Å². The van der Waals surface area contributed by atoms with Crippen molar-refractivity contribution >= 4 is 0 Å². The molecule has 1 aliphatic heterocycles. The molecule has 25 heavy (non-hydrogen) atoms. The molecule has 3 nitrogen and oxygen atoms in total. The highest BCUT2D eigenvalue weighted by atomic mass is 19.4. The molecule has 0 aromatic heterocycles. The van der Waals surface area contributed by atoms with Crippen LogP contribution in [-0.4, -0.2) is 25.1 Å². The number of ether oxygens (including phenoxy) is 2. The van der Waals surface area contributed by atoms with E-state index in [1.165, 1.54) is 25.0 Å². The maximum absolute atomic E-state index is 12.8. The molecular weight excluding hydrogens is 331 g/mol. The number of rotatable bonds is 5. The van der Waals surface area contributed by atoms with E-state index in [1.807, 2.05) is 6.07 Å². The van der Waals surface area contributed by atoms with Gasteiger partial charge in [0, 0.05) is 12.1 Å². The summed E-state index contributed by atoms with van der Waals surface area (Å²) in [6.45, 7) is 2.83. The average molecular weight is 351 g/mol. The Morgan fingerprint density at radius 3 is 2.40 bits per heavy atom. The van der Waals surface area contributed by atoms with Crippen molar-refractivity contribution in [1.29, 1.82) is 0 Å². The molecule has 1 aliphatic rings. The van der Waals surface area contributed by atoms with E-state index in [2.05, 4.69) is 4.90 Å². The lowest BCUT2D eigenvalue weighted by atomic mass is 10.1. The highest BCUT2D eigenvalue weighted by Crippen LogP contribution is 2.34. The third kappa shape index (κ3) is 4.45. The first-order chi connectivity index (χ1) is 12.0. The molecule has 6 heteroatoms. The third-order valence-electron chi connectivity index (χ3n) is 4.24. The lowest BCUT2D eigenvalue weighted by Gasteiger charge is -2.18. The van der Waals surface area contributed by atoms with E-state index in [9.17, 15) is 13.2 Å². The second-order valence-electron chi connectivity index (χ2n) is 6.08. The monoisotopic (exact) mass is 351 g/mol. The minimum atomic E-state index is -4.39. The van der Waals surface area contributed by atoms with Gasteiger partial charge in [-0.25, -0.2) is 0 Å². The summed E-state index contributed by atoms with van der Waals surface area (Å²) in [6, 6.07) is 10.2. The van der Waals surface area contributed by atoms with Crippen molar-refractivity contribution in [2.24, 2.45) is 0 Å². The number of methoxy groups -OCH3 is 1. The number of alkyl halides is 3. The normalized spacial score (nSPS) is 15.4. The number of likely N-dealkylation sites (tertiary alicyclic amines) is 1. The van der Waals surface area contributed by atoms with Crippen LogP contribution in [0.5, 0.6) is 17.2 Å². The topological polar surface area (TPSA) is 21.7 Å². The van der Waals surface area contributed by atoms with E-state index in [0.717, 1.165) is 43.1 Å². The Labute approximate surface area is 145 Å². The fraction of sp³-hybridized carbons (Fsp3) is 0.368. The summed E-state index contributed by atoms with van der Waals surface area (Å²) in [5.74, 6) is 1.41. The molecule has 1 saturated heterocycles. The van der Waals surface area contributed by atoms with Crippen LogP contribution in [0.15, 0.2) is 42.5 Å². The van der Waals surface area contributed by atoms with Gasteiger partial charge in [0.25, 0.3) is 0 Å². The molecule has 0 amide bonds. The predicted molar refractivity (Wildman–Crippen MR) is 89.0 cm³/mol. The van der Waals surface area contributed by atoms with Gasteiger partial charge in [0.15, 0.2) is 0 Å². The minimum absolute atomic E-state index is 0.159. The van der Waals surface area contributed by atoms with Gasteiger partial charge in [0.2, 0.25) is 0 Å². The van der Waals surface area contributed by atoms with E-state index in [-0.39, 0.29) is 5.75 Å². The molecule has 0 aliphatic carbocycles. The first-order valence-corrected chi connectivity index (χ1v) is 8.20. The largest absolute Gasteiger partial charge is 0.496 e. The molecule has 1 fully saturated rings. The molecule has 0 bridgehead atoms. The summed E-state index contributed by atoms with van der Waals surface area (Å²) in [5, 5.41) is 0. The smallest absolute Gasteiger partial charge is 0.416 e. The lowest BCUT2D eigenvalue weighted by molar-refractivity contribution is -0.137. The van der Waals surface area contributed by atoms with Crippen LogP contribution >= 0.6 is 0 Å². The zero-order valence-corrected chi connectivity index (χ0v) is 14.0. The number of hydrogen-bond acceptors (Lipinski definition) is 3. The predicted octanol–water partition coefficient (Wildman–Crippen LogP) is 5.10. The van der Waals surface area contributed by atoms with Crippen LogP contribution in [-0.2, 0) is 12.7 Å². The van der Waals surface area contributed by atoms with Crippen LogP contribution < -0.4 is 9.47 Å². The Bertz CT molecular complexity index is 725. The highest BCUT2D eigenvalue weighted by molar-refractivity contribution is 5.43. The van der Waals surface area contributed by atoms with Gasteiger partial charge in [0.05, 0.1) is 12.7 Å². The number of hydrogen-bond donors (Lipinski definition) is 0. The summed E-state index contributed by atoms with van der Waals surface area (Å²) >= 11 is 0. The van der Waals surface area contributed by atoms with E-state index in [1.54, 1.807) is 19.2 Å². The molecule has 2 aromatic carbocycles. The quantitative estimate of drug-likeness (QED) is 0.748. The van der Waals surface area contributed by atoms with Gasteiger partial charge < -0.3 is 9.47 Å². The first-order valence-electron chi connectivity index (χ1n) is 8.20. The maximum atomic E-state index is 12.8. The fourth-order valence-corrected chi connectivity index (χ4v) is 3.00. The van der Waals surface area contributed by atoms with Gasteiger partial charge >= 0.3 is 6.18 Å². The summed E-state index contributed by atoms with van der Waals surface area (Å²) in [7, 11) is 1.61. The second kappa shape index (κ2) is 7.35. The number of halogens is 3. The molecule has 0 saturated carbocycles. The van der Waals surface area contributed by atoms with Crippen LogP contribution in [0, 0.1) is 0 Å². The van der Waals surface area contributed by atoms with Gasteiger partial charge in [-0.1, -0.05) is 6.07 Å². The molecule has 3 rings (SSSR count). The van der Waals surface area contributed by atoms with Crippen molar-refractivity contribution in [3.05, 3.63) is 53.6 Å². The zero-order valence-electron chi connectivity index (χ0n) is 14.0. The molecule has 0 N–H and O–H groups in total. The molecule has 1 heterocycles. The SMILES string of the molecule is COc1ccc(Oc2cccc(C(F)(F)F)c2)cc1CN1CCCC1. The highest BCUT2D eigenvalue weighted by Gasteiger charge is 2.30. The van der Waals surface area contributed by atoms with Crippen LogP contribution in [0.4, 0.5) is 13.2 Å². The Morgan fingerprint density at radius 1 is 1.00 bits per heavy atom. The molecule has 0 atom stereocenters. The van der Waals surface area contributed by atoms with Crippen molar-refractivity contribution in [3.63, 3.8) is 0 Å². The van der Waals surface area contributed by atoms with Crippen LogP contribution in [0.1, 0.15) is 24.0 Å². The lowest BCUT2D eigenvalue weighted by Crippen LogP contribution is -2.18. The molecule has 0 spiro atoms. The van der Waals surface area contributed by atoms with Gasteiger partial charge in [-0.3, -0.25) is 4.90 Å². The van der Waals surface area contributed by atoms with E-state index >= 15 is 0 Å². The van der Waals surface area contributed by atoms with Crippen molar-refractivity contribution in [2.45, 2.75) is 25.6 Å².